The highest BCUT2D eigenvalue weighted by Crippen LogP contribution is 2.33. The SMILES string of the molecule is Cc1nc(N[C@H](C)c2cccc(C(F)(F)CO)c2)c2cc(-c3ccc(=O)n(C)c3)c3nncn3c2n1. The first-order chi connectivity index (χ1) is 17.2. The van der Waals surface area contributed by atoms with E-state index in [1.807, 2.05) is 13.0 Å². The van der Waals surface area contributed by atoms with Crippen molar-refractivity contribution in [3.63, 3.8) is 0 Å². The first-order valence-electron chi connectivity index (χ1n) is 11.2. The van der Waals surface area contributed by atoms with Crippen molar-refractivity contribution in [1.29, 1.82) is 0 Å². The number of alkyl halides is 2. The minimum atomic E-state index is -3.33. The molecule has 0 amide bonds. The molecule has 5 rings (SSSR count). The van der Waals surface area contributed by atoms with Crippen molar-refractivity contribution < 1.29 is 13.9 Å². The molecule has 0 spiro atoms. The molecule has 1 aromatic carbocycles. The highest BCUT2D eigenvalue weighted by atomic mass is 19.3. The van der Waals surface area contributed by atoms with Crippen LogP contribution in [0.5, 0.6) is 0 Å². The number of nitrogens with zero attached hydrogens (tertiary/aromatic N) is 6. The van der Waals surface area contributed by atoms with E-state index in [0.29, 0.717) is 33.9 Å². The maximum Gasteiger partial charge on any atom is 0.295 e. The molecule has 0 radical (unpaired) electrons. The quantitative estimate of drug-likeness (QED) is 0.373. The van der Waals surface area contributed by atoms with Gasteiger partial charge in [0.1, 0.15) is 24.6 Å². The van der Waals surface area contributed by atoms with Gasteiger partial charge in [0.25, 0.3) is 5.92 Å². The molecule has 0 saturated carbocycles. The Hall–Kier alpha value is -4.25. The molecule has 184 valence electrons. The van der Waals surface area contributed by atoms with Gasteiger partial charge >= 0.3 is 0 Å². The Labute approximate surface area is 204 Å². The molecule has 5 aromatic rings. The second-order valence-electron chi connectivity index (χ2n) is 8.66. The Morgan fingerprint density at radius 2 is 1.94 bits per heavy atom. The summed E-state index contributed by atoms with van der Waals surface area (Å²) in [6.45, 7) is 2.33. The molecule has 0 bridgehead atoms. The molecule has 2 N–H and O–H groups in total. The van der Waals surface area contributed by atoms with Gasteiger partial charge in [-0.2, -0.15) is 8.78 Å². The minimum Gasteiger partial charge on any atom is -0.390 e. The van der Waals surface area contributed by atoms with Crippen LogP contribution in [0.4, 0.5) is 14.6 Å². The van der Waals surface area contributed by atoms with Crippen LogP contribution in [0.2, 0.25) is 0 Å². The number of aliphatic hydroxyl groups excluding tert-OH is 1. The van der Waals surface area contributed by atoms with Crippen LogP contribution in [0.15, 0.2) is 59.8 Å². The van der Waals surface area contributed by atoms with Crippen LogP contribution in [0.1, 0.15) is 29.9 Å². The number of rotatable bonds is 6. The summed E-state index contributed by atoms with van der Waals surface area (Å²) < 4.78 is 31.4. The lowest BCUT2D eigenvalue weighted by Gasteiger charge is -2.20. The number of benzene rings is 1. The summed E-state index contributed by atoms with van der Waals surface area (Å²) in [5.41, 5.74) is 2.83. The number of aromatic nitrogens is 6. The number of halogens is 2. The Bertz CT molecular complexity index is 1660. The average Bonchev–Trinajstić information content (AvgIpc) is 3.36. The van der Waals surface area contributed by atoms with Gasteiger partial charge in [-0.3, -0.25) is 9.20 Å². The Kier molecular flexibility index (Phi) is 5.71. The molecule has 4 heterocycles. The monoisotopic (exact) mass is 491 g/mol. The van der Waals surface area contributed by atoms with Crippen molar-refractivity contribution in [3.8, 4) is 11.1 Å². The second kappa shape index (κ2) is 8.76. The fourth-order valence-electron chi connectivity index (χ4n) is 4.16. The summed E-state index contributed by atoms with van der Waals surface area (Å²) in [6.07, 6.45) is 3.28. The van der Waals surface area contributed by atoms with Crippen LogP contribution in [-0.4, -0.2) is 40.8 Å². The van der Waals surface area contributed by atoms with Gasteiger partial charge in [0.15, 0.2) is 11.3 Å². The second-order valence-corrected chi connectivity index (χ2v) is 8.66. The van der Waals surface area contributed by atoms with Gasteiger partial charge in [-0.1, -0.05) is 18.2 Å². The van der Waals surface area contributed by atoms with Crippen LogP contribution in [0.3, 0.4) is 0 Å². The Balaban J connectivity index is 1.64. The smallest absolute Gasteiger partial charge is 0.295 e. The van der Waals surface area contributed by atoms with Gasteiger partial charge in [-0.15, -0.1) is 10.2 Å². The summed E-state index contributed by atoms with van der Waals surface area (Å²) in [6, 6.07) is 10.6. The van der Waals surface area contributed by atoms with Gasteiger partial charge in [0.05, 0.1) is 5.39 Å². The van der Waals surface area contributed by atoms with E-state index in [9.17, 15) is 13.6 Å². The predicted octanol–water partition coefficient (Wildman–Crippen LogP) is 3.60. The van der Waals surface area contributed by atoms with E-state index in [0.717, 1.165) is 11.1 Å². The van der Waals surface area contributed by atoms with Crippen LogP contribution < -0.4 is 10.9 Å². The average molecular weight is 492 g/mol. The summed E-state index contributed by atoms with van der Waals surface area (Å²) in [5.74, 6) is -2.33. The molecule has 36 heavy (non-hydrogen) atoms. The standard InChI is InChI=1S/C25H23F2N7O2/c1-14(16-5-4-6-18(9-16)25(26,27)12-35)29-22-20-10-19(17-7-8-21(36)33(3)11-17)24-32-28-13-34(24)23(20)31-15(2)30-22/h4-11,13-14,35H,12H2,1-3H3,(H,29,30,31)/t14-/m1/s1. The number of nitrogens with one attached hydrogen (secondary N) is 1. The zero-order valence-corrected chi connectivity index (χ0v) is 19.8. The highest BCUT2D eigenvalue weighted by Gasteiger charge is 2.31. The van der Waals surface area contributed by atoms with E-state index < -0.39 is 18.6 Å². The number of hydrogen-bond acceptors (Lipinski definition) is 7. The number of anilines is 1. The third-order valence-corrected chi connectivity index (χ3v) is 6.10. The molecule has 0 aliphatic heterocycles. The van der Waals surface area contributed by atoms with E-state index in [1.165, 1.54) is 28.8 Å². The zero-order valence-electron chi connectivity index (χ0n) is 19.8. The molecule has 0 saturated heterocycles. The number of hydrogen-bond donors (Lipinski definition) is 2. The van der Waals surface area contributed by atoms with Crippen LogP contribution in [0, 0.1) is 6.92 Å². The largest absolute Gasteiger partial charge is 0.390 e. The van der Waals surface area contributed by atoms with Gasteiger partial charge in [0.2, 0.25) is 5.56 Å². The zero-order chi connectivity index (χ0) is 25.6. The summed E-state index contributed by atoms with van der Waals surface area (Å²) in [7, 11) is 1.67. The third kappa shape index (κ3) is 4.07. The molecular weight excluding hydrogens is 468 g/mol. The van der Waals surface area contributed by atoms with Gasteiger partial charge in [0, 0.05) is 42.0 Å². The van der Waals surface area contributed by atoms with Crippen molar-refractivity contribution in [3.05, 3.63) is 82.3 Å². The lowest BCUT2D eigenvalue weighted by molar-refractivity contribution is -0.0556. The number of pyridine rings is 2. The van der Waals surface area contributed by atoms with Crippen molar-refractivity contribution in [2.24, 2.45) is 7.05 Å². The molecule has 4 aromatic heterocycles. The fraction of sp³-hybridized carbons (Fsp3) is 0.240. The van der Waals surface area contributed by atoms with Gasteiger partial charge in [-0.05, 0) is 37.6 Å². The number of fused-ring (bicyclic) bond motifs is 3. The first kappa shape index (κ1) is 23.5. The van der Waals surface area contributed by atoms with Crippen LogP contribution in [0.25, 0.3) is 27.8 Å². The molecule has 0 fully saturated rings. The molecule has 11 heteroatoms. The first-order valence-corrected chi connectivity index (χ1v) is 11.2. The number of aliphatic hydroxyl groups is 1. The van der Waals surface area contributed by atoms with E-state index in [2.05, 4.69) is 25.5 Å². The Morgan fingerprint density at radius 1 is 1.14 bits per heavy atom. The maximum atomic E-state index is 14.1. The summed E-state index contributed by atoms with van der Waals surface area (Å²) >= 11 is 0. The molecule has 9 nitrogen and oxygen atoms in total. The van der Waals surface area contributed by atoms with Crippen molar-refractivity contribution in [2.45, 2.75) is 25.8 Å². The predicted molar refractivity (Wildman–Crippen MR) is 131 cm³/mol. The topological polar surface area (TPSA) is 110 Å². The molecular formula is C25H23F2N7O2. The molecule has 1 atom stereocenters. The van der Waals surface area contributed by atoms with Crippen LogP contribution in [-0.2, 0) is 13.0 Å². The van der Waals surface area contributed by atoms with Crippen molar-refractivity contribution in [1.82, 2.24) is 29.1 Å². The van der Waals surface area contributed by atoms with E-state index in [1.54, 1.807) is 43.0 Å². The molecule has 0 unspecified atom stereocenters. The molecule has 0 aliphatic carbocycles. The minimum absolute atomic E-state index is 0.138. The van der Waals surface area contributed by atoms with Gasteiger partial charge in [-0.25, -0.2) is 9.97 Å². The normalized spacial score (nSPS) is 12.8. The fourth-order valence-corrected chi connectivity index (χ4v) is 4.16. The van der Waals surface area contributed by atoms with Crippen LogP contribution >= 0.6 is 0 Å². The summed E-state index contributed by atoms with van der Waals surface area (Å²) in [4.78, 5) is 21.1. The highest BCUT2D eigenvalue weighted by molar-refractivity contribution is 5.95. The van der Waals surface area contributed by atoms with Gasteiger partial charge < -0.3 is 15.0 Å². The number of aryl methyl sites for hydroxylation is 2. The summed E-state index contributed by atoms with van der Waals surface area (Å²) in [5, 5.41) is 21.4. The van der Waals surface area contributed by atoms with E-state index in [4.69, 9.17) is 5.11 Å². The van der Waals surface area contributed by atoms with Crippen molar-refractivity contribution in [2.75, 3.05) is 11.9 Å². The Morgan fingerprint density at radius 3 is 2.69 bits per heavy atom. The lowest BCUT2D eigenvalue weighted by atomic mass is 10.0. The van der Waals surface area contributed by atoms with E-state index >= 15 is 0 Å². The maximum absolute atomic E-state index is 14.1. The lowest BCUT2D eigenvalue weighted by Crippen LogP contribution is -2.19. The molecule has 0 aliphatic rings. The van der Waals surface area contributed by atoms with E-state index in [-0.39, 0.29) is 11.1 Å². The third-order valence-electron chi connectivity index (χ3n) is 6.10. The van der Waals surface area contributed by atoms with Crippen molar-refractivity contribution >= 4 is 22.5 Å².